The van der Waals surface area contributed by atoms with Gasteiger partial charge in [-0.3, -0.25) is 4.79 Å². The van der Waals surface area contributed by atoms with E-state index in [9.17, 15) is 9.90 Å². The number of carbonyl (C=O) groups excluding carboxylic acids is 1. The van der Waals surface area contributed by atoms with Gasteiger partial charge in [-0.15, -0.1) is 0 Å². The molecular formula is C17H27NO2. The first kappa shape index (κ1) is 16.7. The van der Waals surface area contributed by atoms with Gasteiger partial charge >= 0.3 is 0 Å². The fourth-order valence-corrected chi connectivity index (χ4v) is 2.12. The highest BCUT2D eigenvalue weighted by atomic mass is 16.3. The van der Waals surface area contributed by atoms with Gasteiger partial charge in [0.05, 0.1) is 6.04 Å². The SMILES string of the molecule is CC(C)(C)NC(Cc1ccc(O)cc1)C(=O)C(C)(C)C. The third-order valence-corrected chi connectivity index (χ3v) is 3.04. The lowest BCUT2D eigenvalue weighted by Gasteiger charge is -2.32. The molecule has 0 bridgehead atoms. The molecule has 20 heavy (non-hydrogen) atoms. The van der Waals surface area contributed by atoms with Gasteiger partial charge in [0.2, 0.25) is 0 Å². The molecule has 0 radical (unpaired) electrons. The van der Waals surface area contributed by atoms with Crippen molar-refractivity contribution in [2.75, 3.05) is 0 Å². The van der Waals surface area contributed by atoms with Gasteiger partial charge in [-0.1, -0.05) is 32.9 Å². The van der Waals surface area contributed by atoms with Gasteiger partial charge in [-0.25, -0.2) is 0 Å². The summed E-state index contributed by atoms with van der Waals surface area (Å²) in [5, 5.41) is 12.7. The van der Waals surface area contributed by atoms with Crippen LogP contribution in [0.2, 0.25) is 0 Å². The van der Waals surface area contributed by atoms with Crippen molar-refractivity contribution in [1.29, 1.82) is 0 Å². The van der Waals surface area contributed by atoms with E-state index < -0.39 is 0 Å². The second-order valence-electron chi connectivity index (χ2n) is 7.43. The predicted octanol–water partition coefficient (Wildman–Crippen LogP) is 3.31. The molecule has 1 rings (SSSR count). The van der Waals surface area contributed by atoms with Gasteiger partial charge in [-0.2, -0.15) is 0 Å². The standard InChI is InChI=1S/C17H27NO2/c1-16(2,3)15(20)14(18-17(4,5)6)11-12-7-9-13(19)10-8-12/h7-10,14,18-19H,11H2,1-6H3. The van der Waals surface area contributed by atoms with Crippen LogP contribution < -0.4 is 5.32 Å². The van der Waals surface area contributed by atoms with Crippen molar-refractivity contribution in [1.82, 2.24) is 5.32 Å². The molecule has 1 aromatic carbocycles. The summed E-state index contributed by atoms with van der Waals surface area (Å²) >= 11 is 0. The van der Waals surface area contributed by atoms with Crippen LogP contribution in [0.25, 0.3) is 0 Å². The molecule has 0 saturated heterocycles. The van der Waals surface area contributed by atoms with Crippen molar-refractivity contribution < 1.29 is 9.90 Å². The first-order valence-corrected chi connectivity index (χ1v) is 7.09. The van der Waals surface area contributed by atoms with Crippen LogP contribution in [0.5, 0.6) is 5.75 Å². The molecule has 1 aromatic rings. The summed E-state index contributed by atoms with van der Waals surface area (Å²) in [6.45, 7) is 12.0. The largest absolute Gasteiger partial charge is 0.508 e. The minimum atomic E-state index is -0.375. The fraction of sp³-hybridized carbons (Fsp3) is 0.588. The molecule has 1 atom stereocenters. The second kappa shape index (κ2) is 5.96. The number of hydrogen-bond donors (Lipinski definition) is 2. The summed E-state index contributed by atoms with van der Waals surface area (Å²) in [5.74, 6) is 0.455. The quantitative estimate of drug-likeness (QED) is 0.887. The van der Waals surface area contributed by atoms with Crippen molar-refractivity contribution >= 4 is 5.78 Å². The Morgan fingerprint density at radius 3 is 2.00 bits per heavy atom. The van der Waals surface area contributed by atoms with Gasteiger partial charge in [-0.05, 0) is 44.9 Å². The number of phenolic OH excluding ortho intramolecular Hbond substituents is 1. The molecule has 0 aliphatic carbocycles. The highest BCUT2D eigenvalue weighted by molar-refractivity contribution is 5.89. The van der Waals surface area contributed by atoms with Gasteiger partial charge < -0.3 is 10.4 Å². The predicted molar refractivity (Wildman–Crippen MR) is 82.9 cm³/mol. The Labute approximate surface area is 122 Å². The molecule has 112 valence electrons. The van der Waals surface area contributed by atoms with E-state index >= 15 is 0 Å². The van der Waals surface area contributed by atoms with Gasteiger partial charge in [0.1, 0.15) is 5.75 Å². The first-order chi connectivity index (χ1) is 8.99. The topological polar surface area (TPSA) is 49.3 Å². The molecule has 3 nitrogen and oxygen atoms in total. The van der Waals surface area contributed by atoms with Crippen molar-refractivity contribution in [2.24, 2.45) is 5.41 Å². The van der Waals surface area contributed by atoms with Gasteiger partial charge in [0.15, 0.2) is 5.78 Å². The van der Waals surface area contributed by atoms with Crippen LogP contribution in [0, 0.1) is 5.41 Å². The van der Waals surface area contributed by atoms with E-state index in [1.807, 2.05) is 32.9 Å². The van der Waals surface area contributed by atoms with Crippen molar-refractivity contribution in [3.05, 3.63) is 29.8 Å². The van der Waals surface area contributed by atoms with E-state index in [-0.39, 0.29) is 28.5 Å². The van der Waals surface area contributed by atoms with E-state index in [2.05, 4.69) is 26.1 Å². The van der Waals surface area contributed by atoms with Crippen LogP contribution in [0.3, 0.4) is 0 Å². The van der Waals surface area contributed by atoms with Crippen LogP contribution >= 0.6 is 0 Å². The molecular weight excluding hydrogens is 250 g/mol. The van der Waals surface area contributed by atoms with Crippen molar-refractivity contribution in [2.45, 2.75) is 59.5 Å². The lowest BCUT2D eigenvalue weighted by Crippen LogP contribution is -2.51. The van der Waals surface area contributed by atoms with E-state index in [1.54, 1.807) is 12.1 Å². The summed E-state index contributed by atoms with van der Waals surface area (Å²) in [7, 11) is 0. The monoisotopic (exact) mass is 277 g/mol. The fourth-order valence-electron chi connectivity index (χ4n) is 2.12. The Morgan fingerprint density at radius 1 is 1.10 bits per heavy atom. The summed E-state index contributed by atoms with van der Waals surface area (Å²) in [6.07, 6.45) is 0.633. The molecule has 0 aromatic heterocycles. The molecule has 3 heteroatoms. The first-order valence-electron chi connectivity index (χ1n) is 7.09. The van der Waals surface area contributed by atoms with Gasteiger partial charge in [0.25, 0.3) is 0 Å². The summed E-state index contributed by atoms with van der Waals surface area (Å²) < 4.78 is 0. The maximum atomic E-state index is 12.6. The van der Waals surface area contributed by atoms with Crippen LogP contribution in [0.15, 0.2) is 24.3 Å². The molecule has 2 N–H and O–H groups in total. The molecule has 0 fully saturated rings. The number of phenols is 1. The highest BCUT2D eigenvalue weighted by Crippen LogP contribution is 2.21. The Morgan fingerprint density at radius 2 is 1.60 bits per heavy atom. The molecule has 0 saturated carbocycles. The van der Waals surface area contributed by atoms with E-state index in [1.165, 1.54) is 0 Å². The number of aromatic hydroxyl groups is 1. The van der Waals surface area contributed by atoms with Crippen LogP contribution in [-0.2, 0) is 11.2 Å². The number of rotatable bonds is 4. The zero-order chi connectivity index (χ0) is 15.6. The number of hydrogen-bond acceptors (Lipinski definition) is 3. The average molecular weight is 277 g/mol. The van der Waals surface area contributed by atoms with E-state index in [0.29, 0.717) is 6.42 Å². The Hall–Kier alpha value is -1.35. The number of carbonyl (C=O) groups is 1. The van der Waals surface area contributed by atoms with Gasteiger partial charge in [0, 0.05) is 11.0 Å². The normalized spacial score (nSPS) is 14.1. The summed E-state index contributed by atoms with van der Waals surface area (Å²) in [5.41, 5.74) is 0.546. The average Bonchev–Trinajstić information content (AvgIpc) is 2.27. The molecule has 0 aliphatic rings. The number of ketones is 1. The van der Waals surface area contributed by atoms with E-state index in [4.69, 9.17) is 0 Å². The molecule has 0 spiro atoms. The molecule has 0 aliphatic heterocycles. The molecule has 0 amide bonds. The molecule has 0 heterocycles. The van der Waals surface area contributed by atoms with E-state index in [0.717, 1.165) is 5.56 Å². The number of Topliss-reactive ketones (excluding diaryl/α,β-unsaturated/α-hetero) is 1. The maximum Gasteiger partial charge on any atom is 0.155 e. The van der Waals surface area contributed by atoms with Crippen molar-refractivity contribution in [3.8, 4) is 5.75 Å². The van der Waals surface area contributed by atoms with Crippen LogP contribution in [0.4, 0.5) is 0 Å². The maximum absolute atomic E-state index is 12.6. The minimum absolute atomic E-state index is 0.123. The lowest BCUT2D eigenvalue weighted by molar-refractivity contribution is -0.128. The Kier molecular flexibility index (Phi) is 4.98. The Bertz CT molecular complexity index is 449. The number of nitrogens with one attached hydrogen (secondary N) is 1. The van der Waals surface area contributed by atoms with Crippen molar-refractivity contribution in [3.63, 3.8) is 0 Å². The van der Waals surface area contributed by atoms with Crippen LogP contribution in [0.1, 0.15) is 47.1 Å². The van der Waals surface area contributed by atoms with Crippen LogP contribution in [-0.4, -0.2) is 22.5 Å². The Balaban J connectivity index is 2.93. The third kappa shape index (κ3) is 5.33. The lowest BCUT2D eigenvalue weighted by atomic mass is 9.83. The number of benzene rings is 1. The zero-order valence-corrected chi connectivity index (χ0v) is 13.4. The third-order valence-electron chi connectivity index (χ3n) is 3.04. The minimum Gasteiger partial charge on any atom is -0.508 e. The smallest absolute Gasteiger partial charge is 0.155 e. The zero-order valence-electron chi connectivity index (χ0n) is 13.4. The summed E-state index contributed by atoms with van der Waals surface area (Å²) in [4.78, 5) is 12.6. The molecule has 1 unspecified atom stereocenters. The highest BCUT2D eigenvalue weighted by Gasteiger charge is 2.31. The second-order valence-corrected chi connectivity index (χ2v) is 7.43. The summed E-state index contributed by atoms with van der Waals surface area (Å²) in [6, 6.07) is 6.82.